The molecule has 0 aromatic rings. The zero-order valence-electron chi connectivity index (χ0n) is 8.13. The highest BCUT2D eigenvalue weighted by Crippen LogP contribution is 2.19. The van der Waals surface area contributed by atoms with Crippen molar-refractivity contribution in [3.63, 3.8) is 0 Å². The summed E-state index contributed by atoms with van der Waals surface area (Å²) in [6.07, 6.45) is 2.67. The van der Waals surface area contributed by atoms with Gasteiger partial charge in [-0.1, -0.05) is 0 Å². The van der Waals surface area contributed by atoms with Crippen LogP contribution < -0.4 is 5.73 Å². The van der Waals surface area contributed by atoms with Crippen LogP contribution in [0.2, 0.25) is 0 Å². The van der Waals surface area contributed by atoms with E-state index in [1.54, 1.807) is 14.2 Å². The maximum Gasteiger partial charge on any atom is 0.272 e. The highest BCUT2D eigenvalue weighted by Gasteiger charge is 2.27. The van der Waals surface area contributed by atoms with Crippen LogP contribution in [0.5, 0.6) is 0 Å². The number of rotatable bonds is 7. The van der Waals surface area contributed by atoms with E-state index in [2.05, 4.69) is 0 Å². The molecule has 0 saturated carbocycles. The highest BCUT2D eigenvalue weighted by molar-refractivity contribution is 5.98. The number of unbranched alkanes of at least 4 members (excludes halogenated alkanes) is 1. The molecule has 4 nitrogen and oxygen atoms in total. The first-order valence-corrected chi connectivity index (χ1v) is 4.92. The lowest BCUT2D eigenvalue weighted by molar-refractivity contribution is -0.325. The summed E-state index contributed by atoms with van der Waals surface area (Å²) in [4.78, 5) is 0. The Hall–Kier alpha value is 0.0569. The zero-order valence-corrected chi connectivity index (χ0v) is 10.1. The SMILES string of the molecule is COC(CCCCN)(OC)O[SiH3]. The minimum absolute atomic E-state index is 0.602. The van der Waals surface area contributed by atoms with Gasteiger partial charge in [-0.15, -0.1) is 0 Å². The van der Waals surface area contributed by atoms with Crippen LogP contribution in [-0.2, 0) is 13.9 Å². The topological polar surface area (TPSA) is 53.7 Å². The summed E-state index contributed by atoms with van der Waals surface area (Å²) >= 11 is 0. The predicted molar refractivity (Wildman–Crippen MR) is 50.7 cm³/mol. The van der Waals surface area contributed by atoms with Gasteiger partial charge in [-0.2, -0.15) is 0 Å². The number of hydrogen-bond acceptors (Lipinski definition) is 4. The van der Waals surface area contributed by atoms with Gasteiger partial charge in [0.05, 0.1) is 0 Å². The molecule has 0 aromatic heterocycles. The van der Waals surface area contributed by atoms with Gasteiger partial charge in [-0.3, -0.25) is 0 Å². The molecule has 0 fully saturated rings. The Balaban J connectivity index is 3.76. The van der Waals surface area contributed by atoms with E-state index in [9.17, 15) is 0 Å². The minimum Gasteiger partial charge on any atom is -0.380 e. The number of hydrogen-bond donors (Lipinski definition) is 1. The Morgan fingerprint density at radius 1 is 1.25 bits per heavy atom. The van der Waals surface area contributed by atoms with Gasteiger partial charge in [0, 0.05) is 20.6 Å². The van der Waals surface area contributed by atoms with Crippen molar-refractivity contribution in [1.29, 1.82) is 0 Å². The first-order valence-electron chi connectivity index (χ1n) is 4.10. The van der Waals surface area contributed by atoms with Crippen molar-refractivity contribution in [2.75, 3.05) is 20.8 Å². The second-order valence-corrected chi connectivity index (χ2v) is 2.95. The quantitative estimate of drug-likeness (QED) is 0.332. The fourth-order valence-electron chi connectivity index (χ4n) is 1.04. The van der Waals surface area contributed by atoms with Crippen LogP contribution in [0, 0.1) is 0 Å². The van der Waals surface area contributed by atoms with Gasteiger partial charge in [0.15, 0.2) is 10.5 Å². The minimum atomic E-state index is -0.818. The van der Waals surface area contributed by atoms with Crippen molar-refractivity contribution in [2.45, 2.75) is 25.2 Å². The van der Waals surface area contributed by atoms with Crippen LogP contribution in [0.3, 0.4) is 0 Å². The number of nitrogens with two attached hydrogens (primary N) is 1. The van der Waals surface area contributed by atoms with Crippen molar-refractivity contribution in [3.05, 3.63) is 0 Å². The molecule has 74 valence electrons. The molecule has 0 bridgehead atoms. The molecular weight excluding hydrogens is 174 g/mol. The Labute approximate surface area is 76.9 Å². The van der Waals surface area contributed by atoms with Gasteiger partial charge in [-0.05, 0) is 19.4 Å². The van der Waals surface area contributed by atoms with Crippen molar-refractivity contribution < 1.29 is 13.9 Å². The largest absolute Gasteiger partial charge is 0.380 e. The van der Waals surface area contributed by atoms with E-state index >= 15 is 0 Å². The van der Waals surface area contributed by atoms with Gasteiger partial charge < -0.3 is 19.6 Å². The summed E-state index contributed by atoms with van der Waals surface area (Å²) < 4.78 is 15.5. The summed E-state index contributed by atoms with van der Waals surface area (Å²) in [6, 6.07) is 0. The molecule has 0 unspecified atom stereocenters. The molecule has 0 saturated heterocycles. The molecule has 0 atom stereocenters. The monoisotopic (exact) mass is 193 g/mol. The van der Waals surface area contributed by atoms with Gasteiger partial charge in [0.25, 0.3) is 5.97 Å². The smallest absolute Gasteiger partial charge is 0.272 e. The van der Waals surface area contributed by atoms with Crippen molar-refractivity contribution in [3.8, 4) is 0 Å². The van der Waals surface area contributed by atoms with Crippen LogP contribution in [0.1, 0.15) is 19.3 Å². The molecule has 5 heteroatoms. The second-order valence-electron chi connectivity index (χ2n) is 2.54. The fraction of sp³-hybridized carbons (Fsp3) is 1.00. The Kier molecular flexibility index (Phi) is 6.59. The van der Waals surface area contributed by atoms with E-state index < -0.39 is 5.97 Å². The Morgan fingerprint density at radius 3 is 2.17 bits per heavy atom. The van der Waals surface area contributed by atoms with E-state index in [0.29, 0.717) is 17.0 Å². The molecule has 0 amide bonds. The van der Waals surface area contributed by atoms with Gasteiger partial charge >= 0.3 is 0 Å². The summed E-state index contributed by atoms with van der Waals surface area (Å²) in [5, 5.41) is 0. The zero-order chi connectivity index (χ0) is 9.45. The third kappa shape index (κ3) is 3.64. The van der Waals surface area contributed by atoms with E-state index in [4.69, 9.17) is 19.6 Å². The van der Waals surface area contributed by atoms with Crippen LogP contribution in [0.4, 0.5) is 0 Å². The van der Waals surface area contributed by atoms with E-state index in [-0.39, 0.29) is 0 Å². The molecule has 12 heavy (non-hydrogen) atoms. The van der Waals surface area contributed by atoms with Crippen LogP contribution in [0.25, 0.3) is 0 Å². The van der Waals surface area contributed by atoms with E-state index in [1.807, 2.05) is 0 Å². The van der Waals surface area contributed by atoms with Crippen LogP contribution in [0.15, 0.2) is 0 Å². The molecule has 0 radical (unpaired) electrons. The lowest BCUT2D eigenvalue weighted by Crippen LogP contribution is -2.36. The van der Waals surface area contributed by atoms with Crippen LogP contribution in [-0.4, -0.2) is 37.2 Å². The number of methoxy groups -OCH3 is 2. The third-order valence-electron chi connectivity index (χ3n) is 1.87. The maximum absolute atomic E-state index is 5.37. The second kappa shape index (κ2) is 6.56. The molecule has 2 N–H and O–H groups in total. The van der Waals surface area contributed by atoms with Gasteiger partial charge in [0.1, 0.15) is 0 Å². The first-order chi connectivity index (χ1) is 5.74. The summed E-state index contributed by atoms with van der Waals surface area (Å²) in [5.74, 6) is -0.818. The molecular formula is C7H19NO3Si. The first kappa shape index (κ1) is 12.1. The van der Waals surface area contributed by atoms with Crippen molar-refractivity contribution >= 4 is 10.5 Å². The molecule has 0 aliphatic rings. The lowest BCUT2D eigenvalue weighted by Gasteiger charge is -2.29. The molecule has 0 rings (SSSR count). The maximum atomic E-state index is 5.37. The summed E-state index contributed by atoms with van der Waals surface area (Å²) in [7, 11) is 3.78. The van der Waals surface area contributed by atoms with Crippen molar-refractivity contribution in [2.24, 2.45) is 5.73 Å². The fourth-order valence-corrected chi connectivity index (χ4v) is 1.58. The molecule has 0 heterocycles. The predicted octanol–water partition coefficient (Wildman–Crippen LogP) is -0.641. The third-order valence-corrected chi connectivity index (χ3v) is 2.49. The summed E-state index contributed by atoms with van der Waals surface area (Å²) in [6.45, 7) is 0.699. The summed E-state index contributed by atoms with van der Waals surface area (Å²) in [5.41, 5.74) is 5.37. The molecule has 0 aliphatic heterocycles. The molecule has 0 spiro atoms. The van der Waals surface area contributed by atoms with Gasteiger partial charge in [0.2, 0.25) is 0 Å². The highest BCUT2D eigenvalue weighted by atomic mass is 28.2. The normalized spacial score (nSPS) is 12.2. The molecule has 0 aromatic carbocycles. The van der Waals surface area contributed by atoms with Crippen molar-refractivity contribution in [1.82, 2.24) is 0 Å². The van der Waals surface area contributed by atoms with E-state index in [1.165, 1.54) is 0 Å². The Morgan fingerprint density at radius 2 is 1.83 bits per heavy atom. The average Bonchev–Trinajstić information content (AvgIpc) is 2.14. The lowest BCUT2D eigenvalue weighted by atomic mass is 10.2. The van der Waals surface area contributed by atoms with Gasteiger partial charge in [-0.25, -0.2) is 0 Å². The average molecular weight is 193 g/mol. The Bertz CT molecular complexity index is 101. The number of ether oxygens (including phenoxy) is 2. The molecule has 0 aliphatic carbocycles. The standard InChI is InChI=1S/C7H19NO3Si/c1-9-7(10-2,11-12)5-3-4-6-8/h3-6,8H2,1-2,12H3. The van der Waals surface area contributed by atoms with Crippen LogP contribution >= 0.6 is 0 Å². The van der Waals surface area contributed by atoms with E-state index in [0.717, 1.165) is 19.3 Å².